The lowest BCUT2D eigenvalue weighted by Gasteiger charge is -2.33. The molecule has 0 saturated heterocycles. The Labute approximate surface area is 61.6 Å². The first-order chi connectivity index (χ1) is 4.75. The maximum absolute atomic E-state index is 10.9. The SMILES string of the molecule is COC[C@@H]1CC[C@H]1C(C)=O. The van der Waals surface area contributed by atoms with Gasteiger partial charge in [0, 0.05) is 19.6 Å². The zero-order valence-corrected chi connectivity index (χ0v) is 6.59. The van der Waals surface area contributed by atoms with Crippen LogP contribution in [0.3, 0.4) is 0 Å². The van der Waals surface area contributed by atoms with Crippen LogP contribution in [0.15, 0.2) is 0 Å². The summed E-state index contributed by atoms with van der Waals surface area (Å²) >= 11 is 0. The summed E-state index contributed by atoms with van der Waals surface area (Å²) in [6, 6.07) is 0. The van der Waals surface area contributed by atoms with Crippen molar-refractivity contribution in [3.05, 3.63) is 0 Å². The Balaban J connectivity index is 2.28. The van der Waals surface area contributed by atoms with Gasteiger partial charge in [-0.1, -0.05) is 0 Å². The lowest BCUT2D eigenvalue weighted by Crippen LogP contribution is -2.34. The number of ketones is 1. The molecule has 0 aromatic heterocycles. The third-order valence-electron chi connectivity index (χ3n) is 2.32. The van der Waals surface area contributed by atoms with E-state index in [-0.39, 0.29) is 0 Å². The molecule has 0 N–H and O–H groups in total. The predicted molar refractivity (Wildman–Crippen MR) is 38.8 cm³/mol. The van der Waals surface area contributed by atoms with Crippen LogP contribution in [-0.2, 0) is 9.53 Å². The molecule has 1 aliphatic rings. The molecule has 2 nitrogen and oxygen atoms in total. The molecule has 0 heterocycles. The first-order valence-corrected chi connectivity index (χ1v) is 3.75. The van der Waals surface area contributed by atoms with Crippen molar-refractivity contribution in [1.29, 1.82) is 0 Å². The average molecular weight is 142 g/mol. The molecular weight excluding hydrogens is 128 g/mol. The van der Waals surface area contributed by atoms with Crippen molar-refractivity contribution in [2.24, 2.45) is 11.8 Å². The fourth-order valence-corrected chi connectivity index (χ4v) is 1.52. The molecule has 2 atom stereocenters. The first-order valence-electron chi connectivity index (χ1n) is 3.75. The zero-order valence-electron chi connectivity index (χ0n) is 6.59. The fourth-order valence-electron chi connectivity index (χ4n) is 1.52. The average Bonchev–Trinajstić information content (AvgIpc) is 1.78. The van der Waals surface area contributed by atoms with Gasteiger partial charge in [0.1, 0.15) is 5.78 Å². The smallest absolute Gasteiger partial charge is 0.133 e. The highest BCUT2D eigenvalue weighted by Gasteiger charge is 2.33. The van der Waals surface area contributed by atoms with Crippen LogP contribution in [0.25, 0.3) is 0 Å². The van der Waals surface area contributed by atoms with E-state index in [1.165, 1.54) is 0 Å². The number of rotatable bonds is 3. The lowest BCUT2D eigenvalue weighted by molar-refractivity contribution is -0.127. The molecule has 1 saturated carbocycles. The van der Waals surface area contributed by atoms with Crippen molar-refractivity contribution in [1.82, 2.24) is 0 Å². The standard InChI is InChI=1S/C8H14O2/c1-6(9)8-4-3-7(8)5-10-2/h7-8H,3-5H2,1-2H3/t7-,8-/m0/s1. The van der Waals surface area contributed by atoms with Gasteiger partial charge < -0.3 is 4.74 Å². The molecule has 0 bridgehead atoms. The highest BCUT2D eigenvalue weighted by Crippen LogP contribution is 2.34. The molecule has 0 aromatic carbocycles. The summed E-state index contributed by atoms with van der Waals surface area (Å²) in [7, 11) is 1.69. The van der Waals surface area contributed by atoms with Crippen LogP contribution >= 0.6 is 0 Å². The molecule has 58 valence electrons. The topological polar surface area (TPSA) is 26.3 Å². The Morgan fingerprint density at radius 3 is 2.60 bits per heavy atom. The molecule has 10 heavy (non-hydrogen) atoms. The molecular formula is C8H14O2. The molecule has 1 fully saturated rings. The maximum atomic E-state index is 10.9. The van der Waals surface area contributed by atoms with Crippen molar-refractivity contribution in [2.45, 2.75) is 19.8 Å². The van der Waals surface area contributed by atoms with E-state index in [9.17, 15) is 4.79 Å². The Bertz CT molecular complexity index is 131. The van der Waals surface area contributed by atoms with Crippen LogP contribution in [0.4, 0.5) is 0 Å². The van der Waals surface area contributed by atoms with Gasteiger partial charge in [-0.15, -0.1) is 0 Å². The van der Waals surface area contributed by atoms with Crippen LogP contribution in [0.5, 0.6) is 0 Å². The quantitative estimate of drug-likeness (QED) is 0.592. The monoisotopic (exact) mass is 142 g/mol. The minimum Gasteiger partial charge on any atom is -0.384 e. The van der Waals surface area contributed by atoms with E-state index in [0.717, 1.165) is 19.4 Å². The predicted octanol–water partition coefficient (Wildman–Crippen LogP) is 1.25. The van der Waals surface area contributed by atoms with E-state index in [4.69, 9.17) is 4.74 Å². The molecule has 0 aromatic rings. The van der Waals surface area contributed by atoms with Crippen LogP contribution in [0.1, 0.15) is 19.8 Å². The van der Waals surface area contributed by atoms with Gasteiger partial charge in [-0.25, -0.2) is 0 Å². The van der Waals surface area contributed by atoms with Gasteiger partial charge in [-0.2, -0.15) is 0 Å². The van der Waals surface area contributed by atoms with Gasteiger partial charge in [0.25, 0.3) is 0 Å². The summed E-state index contributed by atoms with van der Waals surface area (Å²) in [6.07, 6.45) is 2.24. The Morgan fingerprint density at radius 1 is 1.60 bits per heavy atom. The second kappa shape index (κ2) is 3.15. The third kappa shape index (κ3) is 1.37. The van der Waals surface area contributed by atoms with Crippen LogP contribution in [-0.4, -0.2) is 19.5 Å². The number of hydrogen-bond acceptors (Lipinski definition) is 2. The van der Waals surface area contributed by atoms with Crippen LogP contribution < -0.4 is 0 Å². The number of carbonyl (C=O) groups is 1. The number of Topliss-reactive ketones (excluding diaryl/α,β-unsaturated/α-hetero) is 1. The minimum atomic E-state index is 0.306. The molecule has 0 spiro atoms. The van der Waals surface area contributed by atoms with E-state index in [1.807, 2.05) is 0 Å². The number of hydrogen-bond donors (Lipinski definition) is 0. The van der Waals surface area contributed by atoms with Gasteiger partial charge in [0.2, 0.25) is 0 Å². The van der Waals surface area contributed by atoms with E-state index in [0.29, 0.717) is 17.6 Å². The summed E-state index contributed by atoms with van der Waals surface area (Å²) < 4.78 is 4.97. The molecule has 0 radical (unpaired) electrons. The highest BCUT2D eigenvalue weighted by molar-refractivity contribution is 5.79. The van der Waals surface area contributed by atoms with Crippen molar-refractivity contribution in [2.75, 3.05) is 13.7 Å². The molecule has 2 heteroatoms. The minimum absolute atomic E-state index is 0.306. The van der Waals surface area contributed by atoms with Crippen molar-refractivity contribution in [3.8, 4) is 0 Å². The summed E-state index contributed by atoms with van der Waals surface area (Å²) in [5, 5.41) is 0. The Kier molecular flexibility index (Phi) is 2.44. The normalized spacial score (nSPS) is 31.4. The second-order valence-electron chi connectivity index (χ2n) is 3.01. The van der Waals surface area contributed by atoms with Gasteiger partial charge >= 0.3 is 0 Å². The summed E-state index contributed by atoms with van der Waals surface area (Å²) in [6.45, 7) is 2.43. The van der Waals surface area contributed by atoms with Gasteiger partial charge in [0.15, 0.2) is 0 Å². The maximum Gasteiger partial charge on any atom is 0.133 e. The van der Waals surface area contributed by atoms with E-state index in [2.05, 4.69) is 0 Å². The van der Waals surface area contributed by atoms with E-state index < -0.39 is 0 Å². The number of ether oxygens (including phenoxy) is 1. The van der Waals surface area contributed by atoms with Gasteiger partial charge in [0.05, 0.1) is 0 Å². The molecule has 0 amide bonds. The zero-order chi connectivity index (χ0) is 7.56. The molecule has 0 unspecified atom stereocenters. The largest absolute Gasteiger partial charge is 0.384 e. The highest BCUT2D eigenvalue weighted by atomic mass is 16.5. The van der Waals surface area contributed by atoms with Crippen LogP contribution in [0, 0.1) is 11.8 Å². The van der Waals surface area contributed by atoms with Gasteiger partial charge in [-0.05, 0) is 25.7 Å². The molecule has 0 aliphatic heterocycles. The lowest BCUT2D eigenvalue weighted by atomic mass is 9.72. The summed E-state index contributed by atoms with van der Waals surface area (Å²) in [4.78, 5) is 10.9. The second-order valence-corrected chi connectivity index (χ2v) is 3.01. The van der Waals surface area contributed by atoms with E-state index in [1.54, 1.807) is 14.0 Å². The van der Waals surface area contributed by atoms with Crippen molar-refractivity contribution in [3.63, 3.8) is 0 Å². The summed E-state index contributed by atoms with van der Waals surface area (Å²) in [5.41, 5.74) is 0. The van der Waals surface area contributed by atoms with Gasteiger partial charge in [-0.3, -0.25) is 4.79 Å². The Morgan fingerprint density at radius 2 is 2.30 bits per heavy atom. The van der Waals surface area contributed by atoms with Crippen molar-refractivity contribution >= 4 is 5.78 Å². The van der Waals surface area contributed by atoms with E-state index >= 15 is 0 Å². The number of carbonyl (C=O) groups excluding carboxylic acids is 1. The fraction of sp³-hybridized carbons (Fsp3) is 0.875. The third-order valence-corrected chi connectivity index (χ3v) is 2.32. The Hall–Kier alpha value is -0.370. The summed E-state index contributed by atoms with van der Waals surface area (Å²) in [5.74, 6) is 1.15. The van der Waals surface area contributed by atoms with Crippen LogP contribution in [0.2, 0.25) is 0 Å². The number of methoxy groups -OCH3 is 1. The molecule has 1 aliphatic carbocycles. The first kappa shape index (κ1) is 7.73. The molecule has 1 rings (SSSR count). The van der Waals surface area contributed by atoms with Crippen molar-refractivity contribution < 1.29 is 9.53 Å².